The van der Waals surface area contributed by atoms with Crippen molar-refractivity contribution in [1.29, 1.82) is 0 Å². The van der Waals surface area contributed by atoms with Crippen molar-refractivity contribution >= 4 is 0 Å². The molecule has 0 radical (unpaired) electrons. The van der Waals surface area contributed by atoms with Gasteiger partial charge < -0.3 is 14.9 Å². The second kappa shape index (κ2) is 6.34. The predicted octanol–water partition coefficient (Wildman–Crippen LogP) is 2.14. The fourth-order valence-corrected chi connectivity index (χ4v) is 3.74. The number of nitrogens with zero attached hydrogens (tertiary/aromatic N) is 1. The molecular weight excluding hydrogens is 266 g/mol. The van der Waals surface area contributed by atoms with Crippen LogP contribution in [0.2, 0.25) is 0 Å². The summed E-state index contributed by atoms with van der Waals surface area (Å²) in [6.45, 7) is -0.108. The molecule has 1 aliphatic rings. The van der Waals surface area contributed by atoms with Gasteiger partial charge in [0, 0.05) is 0 Å². The molecule has 1 fully saturated rings. The molecule has 2 N–H and O–H groups in total. The van der Waals surface area contributed by atoms with Crippen molar-refractivity contribution in [2.75, 3.05) is 27.8 Å². The molecule has 118 valence electrons. The highest BCUT2D eigenvalue weighted by atomic mass is 16.5. The minimum Gasteiger partial charge on any atom is -0.497 e. The number of methoxy groups -OCH3 is 1. The zero-order chi connectivity index (χ0) is 15.5. The molecule has 0 heterocycles. The van der Waals surface area contributed by atoms with Gasteiger partial charge in [-0.05, 0) is 44.6 Å². The van der Waals surface area contributed by atoms with Gasteiger partial charge in [0.05, 0.1) is 24.9 Å². The Morgan fingerprint density at radius 3 is 2.14 bits per heavy atom. The molecule has 1 aromatic rings. The van der Waals surface area contributed by atoms with Crippen molar-refractivity contribution in [2.45, 2.75) is 43.2 Å². The fraction of sp³-hybridized carbons (Fsp3) is 0.647. The van der Waals surface area contributed by atoms with E-state index >= 15 is 0 Å². The average Bonchev–Trinajstić information content (AvgIpc) is 2.49. The molecule has 2 rings (SSSR count). The monoisotopic (exact) mass is 293 g/mol. The first-order valence-electron chi connectivity index (χ1n) is 7.65. The van der Waals surface area contributed by atoms with E-state index < -0.39 is 11.1 Å². The standard InChI is InChI=1S/C17H27NO3/c1-18(2)17(13-19,16(20)11-5-4-6-12-16)14-7-9-15(21-3)10-8-14/h7-10,19-20H,4-6,11-13H2,1-3H3. The van der Waals surface area contributed by atoms with Crippen molar-refractivity contribution in [1.82, 2.24) is 4.90 Å². The van der Waals surface area contributed by atoms with Crippen molar-refractivity contribution in [3.63, 3.8) is 0 Å². The summed E-state index contributed by atoms with van der Waals surface area (Å²) in [6, 6.07) is 7.66. The lowest BCUT2D eigenvalue weighted by Gasteiger charge is -2.52. The van der Waals surface area contributed by atoms with Gasteiger partial charge in [0.15, 0.2) is 0 Å². The van der Waals surface area contributed by atoms with E-state index in [0.717, 1.165) is 43.4 Å². The molecule has 1 atom stereocenters. The molecule has 1 aliphatic carbocycles. The Labute approximate surface area is 127 Å². The maximum absolute atomic E-state index is 11.3. The van der Waals surface area contributed by atoms with Crippen LogP contribution in [0, 0.1) is 0 Å². The summed E-state index contributed by atoms with van der Waals surface area (Å²) in [5.74, 6) is 0.778. The van der Waals surface area contributed by atoms with Crippen LogP contribution in [-0.4, -0.2) is 48.5 Å². The van der Waals surface area contributed by atoms with Crippen LogP contribution in [0.3, 0.4) is 0 Å². The maximum atomic E-state index is 11.3. The lowest BCUT2D eigenvalue weighted by molar-refractivity contribution is -0.145. The molecule has 1 aromatic carbocycles. The third-order valence-corrected chi connectivity index (χ3v) is 5.01. The average molecular weight is 293 g/mol. The summed E-state index contributed by atoms with van der Waals surface area (Å²) in [5, 5.41) is 21.5. The van der Waals surface area contributed by atoms with Crippen molar-refractivity contribution in [3.05, 3.63) is 29.8 Å². The van der Waals surface area contributed by atoms with Gasteiger partial charge in [0.25, 0.3) is 0 Å². The lowest BCUT2D eigenvalue weighted by Crippen LogP contribution is -2.62. The summed E-state index contributed by atoms with van der Waals surface area (Å²) >= 11 is 0. The molecular formula is C17H27NO3. The predicted molar refractivity (Wildman–Crippen MR) is 83.5 cm³/mol. The molecule has 0 spiro atoms. The van der Waals surface area contributed by atoms with Gasteiger partial charge in [-0.2, -0.15) is 0 Å². The minimum absolute atomic E-state index is 0.108. The Morgan fingerprint density at radius 2 is 1.71 bits per heavy atom. The van der Waals surface area contributed by atoms with Gasteiger partial charge in [-0.15, -0.1) is 0 Å². The molecule has 0 amide bonds. The van der Waals surface area contributed by atoms with E-state index in [1.54, 1.807) is 7.11 Å². The third kappa shape index (κ3) is 2.68. The number of rotatable bonds is 5. The Balaban J connectivity index is 2.49. The largest absolute Gasteiger partial charge is 0.497 e. The second-order valence-electron chi connectivity index (χ2n) is 6.23. The van der Waals surface area contributed by atoms with E-state index in [0.29, 0.717) is 0 Å². The number of ether oxygens (including phenoxy) is 1. The molecule has 0 bridgehead atoms. The highest BCUT2D eigenvalue weighted by Crippen LogP contribution is 2.45. The van der Waals surface area contributed by atoms with Crippen LogP contribution in [0.4, 0.5) is 0 Å². The van der Waals surface area contributed by atoms with Gasteiger partial charge in [-0.3, -0.25) is 4.90 Å². The zero-order valence-electron chi connectivity index (χ0n) is 13.3. The molecule has 4 heteroatoms. The van der Waals surface area contributed by atoms with Crippen LogP contribution in [0.15, 0.2) is 24.3 Å². The summed E-state index contributed by atoms with van der Waals surface area (Å²) in [7, 11) is 5.48. The van der Waals surface area contributed by atoms with E-state index in [1.807, 2.05) is 43.3 Å². The highest BCUT2D eigenvalue weighted by Gasteiger charge is 2.53. The van der Waals surface area contributed by atoms with Crippen molar-refractivity contribution in [3.8, 4) is 5.75 Å². The molecule has 21 heavy (non-hydrogen) atoms. The van der Waals surface area contributed by atoms with E-state index in [2.05, 4.69) is 0 Å². The first kappa shape index (κ1) is 16.3. The quantitative estimate of drug-likeness (QED) is 0.873. The molecule has 0 aromatic heterocycles. The van der Waals surface area contributed by atoms with Gasteiger partial charge in [0.2, 0.25) is 0 Å². The topological polar surface area (TPSA) is 52.9 Å². The Kier molecular flexibility index (Phi) is 4.91. The number of hydrogen-bond donors (Lipinski definition) is 2. The molecule has 0 aliphatic heterocycles. The van der Waals surface area contributed by atoms with Crippen LogP contribution in [0.25, 0.3) is 0 Å². The van der Waals surface area contributed by atoms with E-state index in [-0.39, 0.29) is 6.61 Å². The normalized spacial score (nSPS) is 21.0. The van der Waals surface area contributed by atoms with Gasteiger partial charge in [-0.1, -0.05) is 31.4 Å². The SMILES string of the molecule is COc1ccc(C(CO)(N(C)C)C2(O)CCCCC2)cc1. The van der Waals surface area contributed by atoms with Crippen LogP contribution in [0.5, 0.6) is 5.75 Å². The number of benzene rings is 1. The lowest BCUT2D eigenvalue weighted by atomic mass is 9.67. The summed E-state index contributed by atoms with van der Waals surface area (Å²) in [6.07, 6.45) is 4.60. The van der Waals surface area contributed by atoms with Crippen LogP contribution in [-0.2, 0) is 5.54 Å². The molecule has 4 nitrogen and oxygen atoms in total. The third-order valence-electron chi connectivity index (χ3n) is 5.01. The summed E-state index contributed by atoms with van der Waals surface area (Å²) in [5.41, 5.74) is -0.752. The van der Waals surface area contributed by atoms with Gasteiger partial charge >= 0.3 is 0 Å². The van der Waals surface area contributed by atoms with E-state index in [9.17, 15) is 10.2 Å². The summed E-state index contributed by atoms with van der Waals surface area (Å²) < 4.78 is 5.21. The minimum atomic E-state index is -0.905. The first-order chi connectivity index (χ1) is 10.00. The second-order valence-corrected chi connectivity index (χ2v) is 6.23. The Morgan fingerprint density at radius 1 is 1.14 bits per heavy atom. The zero-order valence-corrected chi connectivity index (χ0v) is 13.3. The van der Waals surface area contributed by atoms with Gasteiger partial charge in [-0.25, -0.2) is 0 Å². The van der Waals surface area contributed by atoms with E-state index in [4.69, 9.17) is 4.74 Å². The van der Waals surface area contributed by atoms with E-state index in [1.165, 1.54) is 0 Å². The number of aliphatic hydroxyl groups is 2. The summed E-state index contributed by atoms with van der Waals surface area (Å²) in [4.78, 5) is 1.96. The fourth-order valence-electron chi connectivity index (χ4n) is 3.74. The maximum Gasteiger partial charge on any atom is 0.118 e. The van der Waals surface area contributed by atoms with Crippen LogP contribution < -0.4 is 4.74 Å². The first-order valence-corrected chi connectivity index (χ1v) is 7.65. The van der Waals surface area contributed by atoms with Crippen LogP contribution in [0.1, 0.15) is 37.7 Å². The van der Waals surface area contributed by atoms with Crippen molar-refractivity contribution in [2.24, 2.45) is 0 Å². The number of hydrogen-bond acceptors (Lipinski definition) is 4. The Hall–Kier alpha value is -1.10. The smallest absolute Gasteiger partial charge is 0.118 e. The molecule has 1 unspecified atom stereocenters. The van der Waals surface area contributed by atoms with Gasteiger partial charge in [0.1, 0.15) is 5.75 Å². The highest BCUT2D eigenvalue weighted by molar-refractivity contribution is 5.35. The molecule has 0 saturated heterocycles. The number of likely N-dealkylation sites (N-methyl/N-ethyl adjacent to an activating group) is 1. The Bertz CT molecular complexity index is 452. The molecule has 1 saturated carbocycles. The number of aliphatic hydroxyl groups excluding tert-OH is 1. The van der Waals surface area contributed by atoms with Crippen LogP contribution >= 0.6 is 0 Å². The van der Waals surface area contributed by atoms with Crippen molar-refractivity contribution < 1.29 is 14.9 Å².